The van der Waals surface area contributed by atoms with E-state index in [1.165, 1.54) is 6.33 Å². The Labute approximate surface area is 211 Å². The molecule has 0 bridgehead atoms. The summed E-state index contributed by atoms with van der Waals surface area (Å²) in [5, 5.41) is 19.1. The van der Waals surface area contributed by atoms with E-state index < -0.39 is 0 Å². The highest BCUT2D eigenvalue weighted by Gasteiger charge is 2.34. The summed E-state index contributed by atoms with van der Waals surface area (Å²) in [6.07, 6.45) is 6.49. The number of aliphatic hydroxyl groups is 1. The fraction of sp³-hybridized carbons (Fsp3) is 0.370. The monoisotopic (exact) mass is 486 g/mol. The third-order valence-corrected chi connectivity index (χ3v) is 6.40. The molecule has 36 heavy (non-hydrogen) atoms. The number of hydrogen-bond donors (Lipinski definition) is 1. The van der Waals surface area contributed by atoms with Gasteiger partial charge in [0.15, 0.2) is 0 Å². The molecular weight excluding hydrogens is 456 g/mol. The largest absolute Gasteiger partial charge is 0.472 e. The molecule has 0 radical (unpaired) electrons. The third kappa shape index (κ3) is 5.67. The van der Waals surface area contributed by atoms with Crippen molar-refractivity contribution in [2.75, 3.05) is 26.7 Å². The first kappa shape index (κ1) is 25.2. The molecule has 1 aliphatic heterocycles. The first-order chi connectivity index (χ1) is 17.4. The minimum absolute atomic E-state index is 0.0145. The van der Waals surface area contributed by atoms with Gasteiger partial charge in [-0.05, 0) is 37.7 Å². The normalized spacial score (nSPS) is 18.6. The Morgan fingerprint density at radius 2 is 2.03 bits per heavy atom. The average molecular weight is 487 g/mol. The number of fused-ring (bicyclic) bond motifs is 1. The number of aliphatic hydroxyl groups excluding tert-OH is 1. The van der Waals surface area contributed by atoms with Crippen LogP contribution in [0, 0.1) is 17.2 Å². The van der Waals surface area contributed by atoms with Gasteiger partial charge in [0.05, 0.1) is 24.3 Å². The van der Waals surface area contributed by atoms with E-state index in [-0.39, 0.29) is 36.5 Å². The molecule has 3 heterocycles. The van der Waals surface area contributed by atoms with Gasteiger partial charge < -0.3 is 14.7 Å². The van der Waals surface area contributed by atoms with E-state index in [1.54, 1.807) is 47.8 Å². The van der Waals surface area contributed by atoms with Crippen molar-refractivity contribution in [3.8, 4) is 23.1 Å². The number of pyridine rings is 1. The Hall–Kier alpha value is -3.87. The Morgan fingerprint density at radius 3 is 2.75 bits per heavy atom. The zero-order valence-electron chi connectivity index (χ0n) is 20.7. The van der Waals surface area contributed by atoms with Crippen molar-refractivity contribution < 1.29 is 14.6 Å². The van der Waals surface area contributed by atoms with E-state index in [0.29, 0.717) is 36.3 Å². The molecule has 186 valence electrons. The van der Waals surface area contributed by atoms with Crippen LogP contribution < -0.4 is 4.74 Å². The van der Waals surface area contributed by atoms with Crippen molar-refractivity contribution in [2.24, 2.45) is 5.92 Å². The number of amides is 1. The molecule has 1 aromatic carbocycles. The highest BCUT2D eigenvalue weighted by atomic mass is 16.5. The number of carbonyl (C=O) groups excluding carboxylic acids is 1. The second-order valence-electron chi connectivity index (χ2n) is 9.34. The van der Waals surface area contributed by atoms with Crippen LogP contribution in [-0.4, -0.2) is 74.7 Å². The molecule has 1 aliphatic rings. The number of aromatic nitrogens is 3. The summed E-state index contributed by atoms with van der Waals surface area (Å²) in [6.45, 7) is 5.40. The van der Waals surface area contributed by atoms with Crippen LogP contribution >= 0.6 is 0 Å². The van der Waals surface area contributed by atoms with Crippen molar-refractivity contribution >= 4 is 5.91 Å². The summed E-state index contributed by atoms with van der Waals surface area (Å²) < 4.78 is 6.38. The van der Waals surface area contributed by atoms with Gasteiger partial charge in [0, 0.05) is 55.3 Å². The minimum atomic E-state index is -0.365. The van der Waals surface area contributed by atoms with E-state index >= 15 is 0 Å². The highest BCUT2D eigenvalue weighted by Crippen LogP contribution is 2.30. The van der Waals surface area contributed by atoms with Gasteiger partial charge in [-0.1, -0.05) is 19.1 Å². The second-order valence-corrected chi connectivity index (χ2v) is 9.34. The number of ether oxygens (including phenoxy) is 1. The smallest absolute Gasteiger partial charge is 0.259 e. The lowest BCUT2D eigenvalue weighted by molar-refractivity contribution is 0.0325. The number of benzene rings is 1. The SMILES string of the molecule is C[C@H](CO)N1C[C@H](C)[C@H](CN(C)Cc2cncnc2)Oc2ncc(-c3cccc(C#N)c3)cc2C1=O. The molecule has 0 fully saturated rings. The van der Waals surface area contributed by atoms with Gasteiger partial charge in [-0.25, -0.2) is 15.0 Å². The van der Waals surface area contributed by atoms with Gasteiger partial charge in [-0.2, -0.15) is 5.26 Å². The highest BCUT2D eigenvalue weighted by molar-refractivity contribution is 5.98. The van der Waals surface area contributed by atoms with Crippen LogP contribution in [0.4, 0.5) is 0 Å². The number of nitrogens with zero attached hydrogens (tertiary/aromatic N) is 6. The summed E-state index contributed by atoms with van der Waals surface area (Å²) in [7, 11) is 2.00. The van der Waals surface area contributed by atoms with Crippen molar-refractivity contribution in [1.82, 2.24) is 24.8 Å². The first-order valence-electron chi connectivity index (χ1n) is 11.9. The zero-order chi connectivity index (χ0) is 25.7. The molecule has 0 saturated carbocycles. The molecule has 1 N–H and O–H groups in total. The number of nitriles is 1. The fourth-order valence-corrected chi connectivity index (χ4v) is 4.34. The maximum atomic E-state index is 13.6. The van der Waals surface area contributed by atoms with Gasteiger partial charge in [0.1, 0.15) is 18.0 Å². The van der Waals surface area contributed by atoms with Crippen molar-refractivity contribution in [3.63, 3.8) is 0 Å². The van der Waals surface area contributed by atoms with E-state index in [1.807, 2.05) is 27.0 Å². The van der Waals surface area contributed by atoms with Crippen LogP contribution in [0.25, 0.3) is 11.1 Å². The number of hydrogen-bond acceptors (Lipinski definition) is 8. The lowest BCUT2D eigenvalue weighted by Crippen LogP contribution is -2.49. The molecular formula is C27H30N6O3. The molecule has 3 atom stereocenters. The molecule has 2 aromatic heterocycles. The van der Waals surface area contributed by atoms with Crippen molar-refractivity contribution in [2.45, 2.75) is 32.5 Å². The van der Waals surface area contributed by atoms with Gasteiger partial charge in [0.25, 0.3) is 5.91 Å². The Bertz CT molecular complexity index is 1250. The van der Waals surface area contributed by atoms with Crippen LogP contribution in [0.3, 0.4) is 0 Å². The predicted octanol–water partition coefficient (Wildman–Crippen LogP) is 2.76. The van der Waals surface area contributed by atoms with Crippen LogP contribution in [0.15, 0.2) is 55.2 Å². The molecule has 0 saturated heterocycles. The molecule has 9 nitrogen and oxygen atoms in total. The van der Waals surface area contributed by atoms with Crippen LogP contribution in [0.1, 0.15) is 35.3 Å². The predicted molar refractivity (Wildman–Crippen MR) is 134 cm³/mol. The lowest BCUT2D eigenvalue weighted by atomic mass is 9.98. The van der Waals surface area contributed by atoms with Crippen molar-refractivity contribution in [1.29, 1.82) is 5.26 Å². The Kier molecular flexibility index (Phi) is 7.88. The number of carbonyl (C=O) groups is 1. The van der Waals surface area contributed by atoms with E-state index in [4.69, 9.17) is 4.74 Å². The topological polar surface area (TPSA) is 115 Å². The molecule has 9 heteroatoms. The molecule has 0 aliphatic carbocycles. The number of rotatable bonds is 7. The van der Waals surface area contributed by atoms with Gasteiger partial charge in [-0.3, -0.25) is 9.69 Å². The molecule has 1 amide bonds. The minimum Gasteiger partial charge on any atom is -0.472 e. The second kappa shape index (κ2) is 11.2. The van der Waals surface area contributed by atoms with Gasteiger partial charge >= 0.3 is 0 Å². The van der Waals surface area contributed by atoms with Crippen LogP contribution in [0.5, 0.6) is 5.88 Å². The standard InChI is InChI=1S/C27H30N6O3/c1-18-13-33(19(2)16-34)27(35)24-8-23(22-6-4-5-20(7-22)9-28)12-31-26(24)36-25(18)15-32(3)14-21-10-29-17-30-11-21/h4-8,10-12,17-19,25,34H,13-16H2,1-3H3/t18-,19+,25-/m0/s1. The molecule has 3 aromatic rings. The maximum absolute atomic E-state index is 13.6. The average Bonchev–Trinajstić information content (AvgIpc) is 2.90. The zero-order valence-corrected chi connectivity index (χ0v) is 20.7. The molecule has 0 unspecified atom stereocenters. The fourth-order valence-electron chi connectivity index (χ4n) is 4.34. The quantitative estimate of drug-likeness (QED) is 0.542. The Morgan fingerprint density at radius 1 is 1.25 bits per heavy atom. The summed E-state index contributed by atoms with van der Waals surface area (Å²) in [5.74, 6) is 0.0140. The van der Waals surface area contributed by atoms with Crippen LogP contribution in [-0.2, 0) is 6.54 Å². The summed E-state index contributed by atoms with van der Waals surface area (Å²) in [5.41, 5.74) is 3.36. The maximum Gasteiger partial charge on any atom is 0.259 e. The lowest BCUT2D eigenvalue weighted by Gasteiger charge is -2.37. The first-order valence-corrected chi connectivity index (χ1v) is 11.9. The summed E-state index contributed by atoms with van der Waals surface area (Å²) >= 11 is 0. The van der Waals surface area contributed by atoms with Crippen molar-refractivity contribution in [3.05, 3.63) is 71.9 Å². The van der Waals surface area contributed by atoms with Gasteiger partial charge in [0.2, 0.25) is 5.88 Å². The van der Waals surface area contributed by atoms with E-state index in [2.05, 4.69) is 25.9 Å². The summed E-state index contributed by atoms with van der Waals surface area (Å²) in [4.78, 5) is 30.2. The van der Waals surface area contributed by atoms with Gasteiger partial charge in [-0.15, -0.1) is 0 Å². The number of likely N-dealkylation sites (N-methyl/N-ethyl adjacent to an activating group) is 1. The van der Waals surface area contributed by atoms with E-state index in [0.717, 1.165) is 11.1 Å². The molecule has 0 spiro atoms. The third-order valence-electron chi connectivity index (χ3n) is 6.40. The van der Waals surface area contributed by atoms with Crippen LogP contribution in [0.2, 0.25) is 0 Å². The molecule has 4 rings (SSSR count). The van der Waals surface area contributed by atoms with E-state index in [9.17, 15) is 15.2 Å². The summed E-state index contributed by atoms with van der Waals surface area (Å²) in [6, 6.07) is 10.7. The Balaban J connectivity index is 1.67.